The van der Waals surface area contributed by atoms with E-state index in [-0.39, 0.29) is 11.8 Å². The maximum atomic E-state index is 12.7. The van der Waals surface area contributed by atoms with Crippen LogP contribution in [0.25, 0.3) is 11.0 Å². The van der Waals surface area contributed by atoms with Crippen LogP contribution in [-0.2, 0) is 0 Å². The average molecular weight is 333 g/mol. The van der Waals surface area contributed by atoms with Crippen molar-refractivity contribution in [1.82, 2.24) is 24.8 Å². The third kappa shape index (κ3) is 3.07. The molecule has 0 aromatic carbocycles. The van der Waals surface area contributed by atoms with Crippen molar-refractivity contribution in [3.05, 3.63) is 59.9 Å². The highest BCUT2D eigenvalue weighted by molar-refractivity contribution is 5.94. The number of amides is 1. The number of carbonyl (C=O) groups excluding carboxylic acids is 1. The number of aromatic nitrogens is 4. The number of fused-ring (bicyclic) bond motifs is 1. The summed E-state index contributed by atoms with van der Waals surface area (Å²) in [6, 6.07) is 7.53. The van der Waals surface area contributed by atoms with E-state index in [9.17, 15) is 4.79 Å². The smallest absolute Gasteiger partial charge is 0.255 e. The molecule has 1 atom stereocenters. The van der Waals surface area contributed by atoms with E-state index in [0.717, 1.165) is 41.9 Å². The van der Waals surface area contributed by atoms with Crippen LogP contribution in [0.1, 0.15) is 40.6 Å². The average Bonchev–Trinajstić information content (AvgIpc) is 2.67. The molecule has 1 saturated heterocycles. The molecule has 1 aliphatic rings. The van der Waals surface area contributed by atoms with Gasteiger partial charge in [0.2, 0.25) is 0 Å². The molecule has 6 nitrogen and oxygen atoms in total. The van der Waals surface area contributed by atoms with Crippen molar-refractivity contribution in [2.24, 2.45) is 0 Å². The van der Waals surface area contributed by atoms with Crippen molar-refractivity contribution in [1.29, 1.82) is 0 Å². The summed E-state index contributed by atoms with van der Waals surface area (Å²) in [6.45, 7) is 3.32. The highest BCUT2D eigenvalue weighted by Crippen LogP contribution is 2.30. The molecule has 4 heterocycles. The van der Waals surface area contributed by atoms with Crippen LogP contribution in [0.4, 0.5) is 0 Å². The van der Waals surface area contributed by atoms with Gasteiger partial charge < -0.3 is 4.90 Å². The standard InChI is InChI=1S/C19H19N5O/c1-13-22-17(16-7-3-9-21-18(16)23-13)15-6-4-10-24(12-15)19(25)14-5-2-8-20-11-14/h2-3,5,7-9,11,15H,4,6,10,12H2,1H3/t15-/m0/s1. The van der Waals surface area contributed by atoms with Gasteiger partial charge in [-0.25, -0.2) is 15.0 Å². The SMILES string of the molecule is Cc1nc([C@H]2CCCN(C(=O)c3cccnc3)C2)c2cccnc2n1. The Morgan fingerprint density at radius 2 is 2.08 bits per heavy atom. The van der Waals surface area contributed by atoms with Gasteiger partial charge in [0, 0.05) is 43.0 Å². The summed E-state index contributed by atoms with van der Waals surface area (Å²) >= 11 is 0. The molecule has 25 heavy (non-hydrogen) atoms. The fourth-order valence-electron chi connectivity index (χ4n) is 3.47. The predicted molar refractivity (Wildman–Crippen MR) is 94.2 cm³/mol. The fourth-order valence-corrected chi connectivity index (χ4v) is 3.47. The van der Waals surface area contributed by atoms with Crippen LogP contribution in [0.3, 0.4) is 0 Å². The third-order valence-corrected chi connectivity index (χ3v) is 4.62. The monoisotopic (exact) mass is 333 g/mol. The quantitative estimate of drug-likeness (QED) is 0.721. The largest absolute Gasteiger partial charge is 0.338 e. The number of likely N-dealkylation sites (tertiary alicyclic amines) is 1. The molecule has 4 rings (SSSR count). The highest BCUT2D eigenvalue weighted by Gasteiger charge is 2.28. The summed E-state index contributed by atoms with van der Waals surface area (Å²) in [7, 11) is 0. The molecular formula is C19H19N5O. The molecular weight excluding hydrogens is 314 g/mol. The van der Waals surface area contributed by atoms with Crippen molar-refractivity contribution < 1.29 is 4.79 Å². The normalized spacial score (nSPS) is 17.6. The van der Waals surface area contributed by atoms with Gasteiger partial charge in [-0.15, -0.1) is 0 Å². The van der Waals surface area contributed by atoms with Crippen LogP contribution in [0.2, 0.25) is 0 Å². The van der Waals surface area contributed by atoms with Gasteiger partial charge in [0.05, 0.1) is 11.3 Å². The Bertz CT molecular complexity index is 912. The number of rotatable bonds is 2. The molecule has 0 saturated carbocycles. The van der Waals surface area contributed by atoms with Crippen molar-refractivity contribution in [3.63, 3.8) is 0 Å². The molecule has 1 amide bonds. The Hall–Kier alpha value is -2.89. The van der Waals surface area contributed by atoms with E-state index in [1.807, 2.05) is 30.0 Å². The summed E-state index contributed by atoms with van der Waals surface area (Å²) in [6.07, 6.45) is 7.02. The molecule has 0 aliphatic carbocycles. The van der Waals surface area contributed by atoms with Crippen molar-refractivity contribution in [2.45, 2.75) is 25.7 Å². The Balaban J connectivity index is 1.65. The molecule has 0 N–H and O–H groups in total. The molecule has 6 heteroatoms. The van der Waals surface area contributed by atoms with Crippen LogP contribution in [0.15, 0.2) is 42.9 Å². The zero-order valence-corrected chi connectivity index (χ0v) is 14.1. The summed E-state index contributed by atoms with van der Waals surface area (Å²) in [5.74, 6) is 0.950. The Kier molecular flexibility index (Phi) is 4.09. The maximum Gasteiger partial charge on any atom is 0.255 e. The van der Waals surface area contributed by atoms with E-state index in [4.69, 9.17) is 4.98 Å². The zero-order valence-electron chi connectivity index (χ0n) is 14.1. The minimum absolute atomic E-state index is 0.0333. The van der Waals surface area contributed by atoms with Gasteiger partial charge in [0.1, 0.15) is 5.82 Å². The second-order valence-corrected chi connectivity index (χ2v) is 6.36. The number of hydrogen-bond acceptors (Lipinski definition) is 5. The van der Waals surface area contributed by atoms with E-state index >= 15 is 0 Å². The van der Waals surface area contributed by atoms with Crippen LogP contribution in [0, 0.1) is 6.92 Å². The van der Waals surface area contributed by atoms with Crippen LogP contribution in [0.5, 0.6) is 0 Å². The summed E-state index contributed by atoms with van der Waals surface area (Å²) in [5, 5.41) is 0.980. The van der Waals surface area contributed by atoms with Crippen molar-refractivity contribution >= 4 is 16.9 Å². The first-order valence-electron chi connectivity index (χ1n) is 8.51. The lowest BCUT2D eigenvalue weighted by atomic mass is 9.92. The molecule has 1 fully saturated rings. The summed E-state index contributed by atoms with van der Waals surface area (Å²) < 4.78 is 0. The van der Waals surface area contributed by atoms with Gasteiger partial charge in [0.25, 0.3) is 5.91 Å². The first-order chi connectivity index (χ1) is 12.2. The van der Waals surface area contributed by atoms with Crippen LogP contribution >= 0.6 is 0 Å². The minimum Gasteiger partial charge on any atom is -0.338 e. The van der Waals surface area contributed by atoms with Gasteiger partial charge in [-0.05, 0) is 44.0 Å². The number of piperidine rings is 1. The summed E-state index contributed by atoms with van der Waals surface area (Å²) in [4.78, 5) is 32.2. The number of aryl methyl sites for hydroxylation is 1. The number of nitrogens with zero attached hydrogens (tertiary/aromatic N) is 5. The van der Waals surface area contributed by atoms with Crippen molar-refractivity contribution in [3.8, 4) is 0 Å². The minimum atomic E-state index is 0.0333. The molecule has 0 radical (unpaired) electrons. The molecule has 3 aromatic rings. The van der Waals surface area contributed by atoms with Gasteiger partial charge in [-0.3, -0.25) is 9.78 Å². The molecule has 0 bridgehead atoms. The summed E-state index contributed by atoms with van der Waals surface area (Å²) in [5.41, 5.74) is 2.36. The van der Waals surface area contributed by atoms with Crippen molar-refractivity contribution in [2.75, 3.05) is 13.1 Å². The second-order valence-electron chi connectivity index (χ2n) is 6.36. The first-order valence-corrected chi connectivity index (χ1v) is 8.51. The molecule has 0 spiro atoms. The maximum absolute atomic E-state index is 12.7. The van der Waals surface area contributed by atoms with E-state index in [2.05, 4.69) is 15.0 Å². The van der Waals surface area contributed by atoms with E-state index in [0.29, 0.717) is 12.1 Å². The van der Waals surface area contributed by atoms with Gasteiger partial charge >= 0.3 is 0 Å². The third-order valence-electron chi connectivity index (χ3n) is 4.62. The van der Waals surface area contributed by atoms with Gasteiger partial charge in [0.15, 0.2) is 5.65 Å². The molecule has 0 unspecified atom stereocenters. The van der Waals surface area contributed by atoms with Crippen LogP contribution < -0.4 is 0 Å². The molecule has 3 aromatic heterocycles. The fraction of sp³-hybridized carbons (Fsp3) is 0.316. The van der Waals surface area contributed by atoms with E-state index in [1.165, 1.54) is 0 Å². The molecule has 1 aliphatic heterocycles. The number of pyridine rings is 2. The van der Waals surface area contributed by atoms with E-state index in [1.54, 1.807) is 24.7 Å². The van der Waals surface area contributed by atoms with Crippen LogP contribution in [-0.4, -0.2) is 43.8 Å². The van der Waals surface area contributed by atoms with Gasteiger partial charge in [-0.2, -0.15) is 0 Å². The Morgan fingerprint density at radius 3 is 2.92 bits per heavy atom. The second kappa shape index (κ2) is 6.55. The lowest BCUT2D eigenvalue weighted by Crippen LogP contribution is -2.39. The highest BCUT2D eigenvalue weighted by atomic mass is 16.2. The lowest BCUT2D eigenvalue weighted by molar-refractivity contribution is 0.0706. The lowest BCUT2D eigenvalue weighted by Gasteiger charge is -2.33. The Morgan fingerprint density at radius 1 is 1.20 bits per heavy atom. The topological polar surface area (TPSA) is 71.9 Å². The number of carbonyl (C=O) groups is 1. The number of hydrogen-bond donors (Lipinski definition) is 0. The Labute approximate surface area is 146 Å². The van der Waals surface area contributed by atoms with E-state index < -0.39 is 0 Å². The van der Waals surface area contributed by atoms with Gasteiger partial charge in [-0.1, -0.05) is 0 Å². The zero-order chi connectivity index (χ0) is 17.2. The first kappa shape index (κ1) is 15.6. The predicted octanol–water partition coefficient (Wildman–Crippen LogP) is 2.75. The molecule has 126 valence electrons.